The second-order valence-electron chi connectivity index (χ2n) is 5.87. The molecule has 0 aliphatic heterocycles. The molecular formula is C17H22N4O2S2. The largest absolute Gasteiger partial charge is 0.346 e. The van der Waals surface area contributed by atoms with Crippen LogP contribution in [0, 0.1) is 0 Å². The van der Waals surface area contributed by atoms with E-state index in [4.69, 9.17) is 0 Å². The Balaban J connectivity index is 1.65. The van der Waals surface area contributed by atoms with Crippen molar-refractivity contribution in [2.45, 2.75) is 18.4 Å². The first-order valence-electron chi connectivity index (χ1n) is 8.14. The molecule has 3 heterocycles. The van der Waals surface area contributed by atoms with Crippen molar-refractivity contribution in [3.63, 3.8) is 0 Å². The highest BCUT2D eigenvalue weighted by molar-refractivity contribution is 7.89. The van der Waals surface area contributed by atoms with Gasteiger partial charge in [0.2, 0.25) is 10.0 Å². The van der Waals surface area contributed by atoms with Crippen molar-refractivity contribution in [3.05, 3.63) is 46.9 Å². The summed E-state index contributed by atoms with van der Waals surface area (Å²) < 4.78 is 26.4. The molecule has 0 amide bonds. The van der Waals surface area contributed by atoms with Gasteiger partial charge in [-0.25, -0.2) is 13.4 Å². The predicted molar refractivity (Wildman–Crippen MR) is 101 cm³/mol. The molecule has 0 unspecified atom stereocenters. The average Bonchev–Trinajstić information content (AvgIpc) is 3.28. The van der Waals surface area contributed by atoms with Crippen LogP contribution in [0.1, 0.15) is 12.5 Å². The zero-order valence-electron chi connectivity index (χ0n) is 14.3. The topological polar surface area (TPSA) is 69.3 Å². The van der Waals surface area contributed by atoms with E-state index in [-0.39, 0.29) is 0 Å². The van der Waals surface area contributed by atoms with Crippen molar-refractivity contribution in [3.8, 4) is 0 Å². The second kappa shape index (κ2) is 7.65. The van der Waals surface area contributed by atoms with Crippen LogP contribution in [0.15, 0.2) is 46.2 Å². The molecule has 0 bridgehead atoms. The second-order valence-corrected chi connectivity index (χ2v) is 8.69. The Morgan fingerprint density at radius 3 is 2.84 bits per heavy atom. The van der Waals surface area contributed by atoms with Crippen LogP contribution in [-0.4, -0.2) is 54.3 Å². The van der Waals surface area contributed by atoms with Crippen LogP contribution >= 0.6 is 11.3 Å². The van der Waals surface area contributed by atoms with E-state index < -0.39 is 10.0 Å². The van der Waals surface area contributed by atoms with E-state index in [9.17, 15) is 8.42 Å². The Kier molecular flexibility index (Phi) is 5.53. The maximum absolute atomic E-state index is 12.5. The van der Waals surface area contributed by atoms with Crippen LogP contribution in [-0.2, 0) is 16.6 Å². The first-order chi connectivity index (χ1) is 12.0. The summed E-state index contributed by atoms with van der Waals surface area (Å²) in [6, 6.07) is 5.62. The first-order valence-corrected chi connectivity index (χ1v) is 10.5. The highest BCUT2D eigenvalue weighted by atomic mass is 32.2. The van der Waals surface area contributed by atoms with E-state index in [0.717, 1.165) is 24.1 Å². The smallest absolute Gasteiger partial charge is 0.243 e. The highest BCUT2D eigenvalue weighted by Gasteiger charge is 2.21. The predicted octanol–water partition coefficient (Wildman–Crippen LogP) is 2.77. The molecule has 0 aliphatic rings. The molecule has 8 heteroatoms. The molecular weight excluding hydrogens is 356 g/mol. The van der Waals surface area contributed by atoms with E-state index in [1.165, 1.54) is 21.2 Å². The third-order valence-corrected chi connectivity index (χ3v) is 7.00. The van der Waals surface area contributed by atoms with E-state index in [2.05, 4.69) is 27.9 Å². The molecule has 0 saturated heterocycles. The van der Waals surface area contributed by atoms with Crippen LogP contribution in [0.5, 0.6) is 0 Å². The molecule has 0 radical (unpaired) electrons. The number of rotatable bonds is 8. The van der Waals surface area contributed by atoms with Gasteiger partial charge >= 0.3 is 0 Å². The van der Waals surface area contributed by atoms with Gasteiger partial charge in [0.25, 0.3) is 0 Å². The van der Waals surface area contributed by atoms with Gasteiger partial charge in [0, 0.05) is 49.8 Å². The van der Waals surface area contributed by atoms with Gasteiger partial charge in [0.1, 0.15) is 5.65 Å². The summed E-state index contributed by atoms with van der Waals surface area (Å²) in [6.07, 6.45) is 3.75. The third kappa shape index (κ3) is 3.92. The molecule has 0 saturated carbocycles. The number of H-pyrrole nitrogens is 1. The van der Waals surface area contributed by atoms with E-state index >= 15 is 0 Å². The quantitative estimate of drug-likeness (QED) is 0.654. The van der Waals surface area contributed by atoms with Crippen LogP contribution < -0.4 is 0 Å². The molecule has 25 heavy (non-hydrogen) atoms. The van der Waals surface area contributed by atoms with Crippen LogP contribution in [0.25, 0.3) is 11.0 Å². The number of fused-ring (bicyclic) bond motifs is 1. The number of aromatic nitrogens is 2. The minimum Gasteiger partial charge on any atom is -0.346 e. The molecule has 3 rings (SSSR count). The summed E-state index contributed by atoms with van der Waals surface area (Å²) in [7, 11) is -1.76. The van der Waals surface area contributed by atoms with Crippen LogP contribution in [0.4, 0.5) is 0 Å². The van der Waals surface area contributed by atoms with Gasteiger partial charge in [-0.15, -0.1) is 0 Å². The number of aromatic amines is 1. The lowest BCUT2D eigenvalue weighted by atomic mass is 10.2. The van der Waals surface area contributed by atoms with Gasteiger partial charge in [-0.2, -0.15) is 15.6 Å². The summed E-state index contributed by atoms with van der Waals surface area (Å²) >= 11 is 1.39. The molecule has 6 nitrogen and oxygen atoms in total. The fourth-order valence-corrected chi connectivity index (χ4v) is 4.89. The van der Waals surface area contributed by atoms with E-state index in [1.807, 2.05) is 12.3 Å². The molecule has 0 spiro atoms. The lowest BCUT2D eigenvalue weighted by molar-refractivity contribution is 0.262. The van der Waals surface area contributed by atoms with Gasteiger partial charge in [-0.3, -0.25) is 4.90 Å². The summed E-state index contributed by atoms with van der Waals surface area (Å²) in [4.78, 5) is 10.1. The number of thiophene rings is 1. The molecule has 134 valence electrons. The van der Waals surface area contributed by atoms with Gasteiger partial charge in [0.15, 0.2) is 0 Å². The molecule has 3 aromatic heterocycles. The third-order valence-electron chi connectivity index (χ3n) is 4.31. The van der Waals surface area contributed by atoms with Crippen molar-refractivity contribution >= 4 is 32.4 Å². The zero-order chi connectivity index (χ0) is 17.9. The SMILES string of the molecule is CCN(CCN(C)S(=O)(=O)c1ccsc1)Cc1c[nH]c2ncccc12. The maximum atomic E-state index is 12.5. The molecule has 0 aliphatic carbocycles. The summed E-state index contributed by atoms with van der Waals surface area (Å²) in [5.74, 6) is 0. The molecule has 1 N–H and O–H groups in total. The molecule has 3 aromatic rings. The van der Waals surface area contributed by atoms with Crippen molar-refractivity contribution in [1.82, 2.24) is 19.2 Å². The van der Waals surface area contributed by atoms with Gasteiger partial charge in [0.05, 0.1) is 4.90 Å². The van der Waals surface area contributed by atoms with Crippen molar-refractivity contribution < 1.29 is 8.42 Å². The Labute approximate surface area is 152 Å². The van der Waals surface area contributed by atoms with Gasteiger partial charge in [-0.1, -0.05) is 6.92 Å². The normalized spacial score (nSPS) is 12.5. The fraction of sp³-hybridized carbons (Fsp3) is 0.353. The monoisotopic (exact) mass is 378 g/mol. The van der Waals surface area contributed by atoms with Crippen molar-refractivity contribution in [1.29, 1.82) is 0 Å². The Morgan fingerprint density at radius 1 is 1.28 bits per heavy atom. The van der Waals surface area contributed by atoms with E-state index in [0.29, 0.717) is 18.0 Å². The lowest BCUT2D eigenvalue weighted by Crippen LogP contribution is -2.36. The number of hydrogen-bond donors (Lipinski definition) is 1. The first kappa shape index (κ1) is 18.1. The number of sulfonamides is 1. The highest BCUT2D eigenvalue weighted by Crippen LogP contribution is 2.19. The van der Waals surface area contributed by atoms with Gasteiger partial charge < -0.3 is 4.98 Å². The Morgan fingerprint density at radius 2 is 2.12 bits per heavy atom. The fourth-order valence-electron chi connectivity index (χ4n) is 2.71. The summed E-state index contributed by atoms with van der Waals surface area (Å²) in [5, 5.41) is 4.56. The summed E-state index contributed by atoms with van der Waals surface area (Å²) in [5.41, 5.74) is 2.05. The number of pyridine rings is 1. The van der Waals surface area contributed by atoms with Gasteiger partial charge in [-0.05, 0) is 35.7 Å². The van der Waals surface area contributed by atoms with Crippen LogP contribution in [0.3, 0.4) is 0 Å². The average molecular weight is 379 g/mol. The number of nitrogens with zero attached hydrogens (tertiary/aromatic N) is 3. The lowest BCUT2D eigenvalue weighted by Gasteiger charge is -2.23. The maximum Gasteiger partial charge on any atom is 0.243 e. The number of likely N-dealkylation sites (N-methyl/N-ethyl adjacent to an activating group) is 2. The zero-order valence-corrected chi connectivity index (χ0v) is 16.0. The van der Waals surface area contributed by atoms with Crippen LogP contribution in [0.2, 0.25) is 0 Å². The molecule has 0 atom stereocenters. The molecule has 0 aromatic carbocycles. The standard InChI is InChI=1S/C17H22N4O2S2/c1-3-21(12-14-11-19-17-16(14)5-4-7-18-17)9-8-20(2)25(22,23)15-6-10-24-13-15/h4-7,10-11,13H,3,8-9,12H2,1-2H3,(H,18,19). The Hall–Kier alpha value is -1.74. The minimum atomic E-state index is -3.40. The minimum absolute atomic E-state index is 0.366. The van der Waals surface area contributed by atoms with Crippen molar-refractivity contribution in [2.24, 2.45) is 0 Å². The number of hydrogen-bond acceptors (Lipinski definition) is 5. The van der Waals surface area contributed by atoms with E-state index in [1.54, 1.807) is 30.1 Å². The summed E-state index contributed by atoms with van der Waals surface area (Å²) in [6.45, 7) is 4.81. The molecule has 0 fully saturated rings. The Bertz CT molecular complexity index is 919. The van der Waals surface area contributed by atoms with Crippen molar-refractivity contribution in [2.75, 3.05) is 26.7 Å². The number of nitrogens with one attached hydrogen (secondary N) is 1.